The number of anilines is 1. The Balaban J connectivity index is 1.88. The highest BCUT2D eigenvalue weighted by atomic mass is 16.5. The Labute approximate surface area is 123 Å². The molecule has 7 nitrogen and oxygen atoms in total. The Bertz CT molecular complexity index is 539. The van der Waals surface area contributed by atoms with Crippen LogP contribution in [0, 0.1) is 0 Å². The van der Waals surface area contributed by atoms with Crippen molar-refractivity contribution >= 4 is 5.82 Å². The molecule has 0 saturated carbocycles. The molecule has 21 heavy (non-hydrogen) atoms. The van der Waals surface area contributed by atoms with Gasteiger partial charge in [-0.15, -0.1) is 0 Å². The number of methoxy groups -OCH3 is 1. The van der Waals surface area contributed by atoms with Crippen LogP contribution < -0.4 is 5.32 Å². The molecule has 0 atom stereocenters. The topological polar surface area (TPSA) is 82.3 Å². The molecule has 0 aliphatic carbocycles. The molecule has 2 heterocycles. The van der Waals surface area contributed by atoms with Crippen LogP contribution in [0.15, 0.2) is 22.9 Å². The molecule has 0 saturated heterocycles. The summed E-state index contributed by atoms with van der Waals surface area (Å²) in [6.07, 6.45) is 1.93. The summed E-state index contributed by atoms with van der Waals surface area (Å²) in [4.78, 5) is 8.51. The van der Waals surface area contributed by atoms with Crippen LogP contribution in [0.3, 0.4) is 0 Å². The third kappa shape index (κ3) is 4.80. The van der Waals surface area contributed by atoms with Crippen molar-refractivity contribution in [3.05, 3.63) is 24.2 Å². The molecule has 7 heteroatoms. The van der Waals surface area contributed by atoms with Gasteiger partial charge >= 0.3 is 0 Å². The number of rotatable bonds is 8. The van der Waals surface area contributed by atoms with Crippen LogP contribution in [0.2, 0.25) is 0 Å². The molecule has 2 aromatic heterocycles. The van der Waals surface area contributed by atoms with Crippen LogP contribution in [-0.4, -0.2) is 41.5 Å². The van der Waals surface area contributed by atoms with Crippen molar-refractivity contribution in [2.45, 2.75) is 26.6 Å². The summed E-state index contributed by atoms with van der Waals surface area (Å²) >= 11 is 0. The fourth-order valence-electron chi connectivity index (χ4n) is 1.66. The van der Waals surface area contributed by atoms with Gasteiger partial charge in [0.1, 0.15) is 12.4 Å². The van der Waals surface area contributed by atoms with E-state index in [1.807, 2.05) is 26.0 Å². The Morgan fingerprint density at radius 1 is 1.33 bits per heavy atom. The lowest BCUT2D eigenvalue weighted by atomic mass is 10.3. The molecule has 0 bridgehead atoms. The number of pyridine rings is 1. The predicted octanol–water partition coefficient (Wildman–Crippen LogP) is 2.11. The lowest BCUT2D eigenvalue weighted by molar-refractivity contribution is 0.0870. The highest BCUT2D eigenvalue weighted by Crippen LogP contribution is 2.17. The molecule has 1 N–H and O–H groups in total. The van der Waals surface area contributed by atoms with Crippen molar-refractivity contribution in [2.24, 2.45) is 0 Å². The molecule has 0 spiro atoms. The third-order valence-electron chi connectivity index (χ3n) is 2.61. The second-order valence-electron chi connectivity index (χ2n) is 4.73. The predicted molar refractivity (Wildman–Crippen MR) is 77.8 cm³/mol. The van der Waals surface area contributed by atoms with Crippen molar-refractivity contribution in [2.75, 3.05) is 25.6 Å². The van der Waals surface area contributed by atoms with E-state index in [1.165, 1.54) is 0 Å². The molecule has 114 valence electrons. The molecule has 0 aromatic carbocycles. The van der Waals surface area contributed by atoms with Gasteiger partial charge in [-0.25, -0.2) is 4.98 Å². The van der Waals surface area contributed by atoms with Gasteiger partial charge < -0.3 is 19.3 Å². The van der Waals surface area contributed by atoms with E-state index in [2.05, 4.69) is 20.4 Å². The molecule has 2 aromatic rings. The largest absolute Gasteiger partial charge is 0.377 e. The van der Waals surface area contributed by atoms with Crippen molar-refractivity contribution in [3.63, 3.8) is 0 Å². The van der Waals surface area contributed by atoms with Crippen LogP contribution in [-0.2, 0) is 16.1 Å². The van der Waals surface area contributed by atoms with E-state index >= 15 is 0 Å². The van der Waals surface area contributed by atoms with E-state index in [0.717, 1.165) is 11.4 Å². The number of aromatic nitrogens is 3. The second-order valence-corrected chi connectivity index (χ2v) is 4.73. The van der Waals surface area contributed by atoms with Gasteiger partial charge in [-0.05, 0) is 26.0 Å². The molecule has 2 rings (SSSR count). The van der Waals surface area contributed by atoms with E-state index < -0.39 is 0 Å². The minimum absolute atomic E-state index is 0.237. The normalized spacial score (nSPS) is 11.0. The van der Waals surface area contributed by atoms with Crippen molar-refractivity contribution in [3.8, 4) is 11.5 Å². The summed E-state index contributed by atoms with van der Waals surface area (Å²) in [6, 6.07) is 3.74. The van der Waals surface area contributed by atoms with Gasteiger partial charge in [0.15, 0.2) is 5.82 Å². The lowest BCUT2D eigenvalue weighted by Crippen LogP contribution is -2.13. The van der Waals surface area contributed by atoms with Crippen LogP contribution >= 0.6 is 0 Å². The average molecular weight is 292 g/mol. The molecule has 0 unspecified atom stereocenters. The number of hydrogen-bond acceptors (Lipinski definition) is 7. The monoisotopic (exact) mass is 292 g/mol. The summed E-state index contributed by atoms with van der Waals surface area (Å²) in [5, 5.41) is 6.99. The van der Waals surface area contributed by atoms with Crippen molar-refractivity contribution < 1.29 is 14.0 Å². The zero-order valence-corrected chi connectivity index (χ0v) is 12.5. The first-order chi connectivity index (χ1) is 10.2. The van der Waals surface area contributed by atoms with E-state index in [9.17, 15) is 0 Å². The summed E-state index contributed by atoms with van der Waals surface area (Å²) in [7, 11) is 1.58. The minimum atomic E-state index is 0.237. The van der Waals surface area contributed by atoms with E-state index in [-0.39, 0.29) is 6.10 Å². The lowest BCUT2D eigenvalue weighted by Gasteiger charge is -2.08. The maximum atomic E-state index is 5.45. The zero-order chi connectivity index (χ0) is 15.1. The second kappa shape index (κ2) is 7.70. The average Bonchev–Trinajstić information content (AvgIpc) is 2.93. The van der Waals surface area contributed by atoms with Crippen LogP contribution in [0.4, 0.5) is 5.82 Å². The van der Waals surface area contributed by atoms with Gasteiger partial charge in [-0.1, -0.05) is 5.16 Å². The zero-order valence-electron chi connectivity index (χ0n) is 12.5. The summed E-state index contributed by atoms with van der Waals surface area (Å²) in [5.74, 6) is 1.73. The van der Waals surface area contributed by atoms with Crippen LogP contribution in [0.1, 0.15) is 19.7 Å². The van der Waals surface area contributed by atoms with E-state index in [0.29, 0.717) is 31.5 Å². The third-order valence-corrected chi connectivity index (χ3v) is 2.61. The quantitative estimate of drug-likeness (QED) is 0.746. The maximum absolute atomic E-state index is 5.45. The summed E-state index contributed by atoms with van der Waals surface area (Å²) in [5.41, 5.74) is 0.772. The van der Waals surface area contributed by atoms with Gasteiger partial charge in [0.25, 0.3) is 5.89 Å². The van der Waals surface area contributed by atoms with Gasteiger partial charge in [-0.2, -0.15) is 4.98 Å². The van der Waals surface area contributed by atoms with Crippen molar-refractivity contribution in [1.29, 1.82) is 0 Å². The molecular formula is C14H20N4O3. The molecule has 0 fully saturated rings. The first-order valence-electron chi connectivity index (χ1n) is 6.82. The van der Waals surface area contributed by atoms with Crippen LogP contribution in [0.25, 0.3) is 11.5 Å². The van der Waals surface area contributed by atoms with Gasteiger partial charge in [0.05, 0.1) is 18.3 Å². The van der Waals surface area contributed by atoms with Crippen molar-refractivity contribution in [1.82, 2.24) is 15.1 Å². The smallest absolute Gasteiger partial charge is 0.259 e. The van der Waals surface area contributed by atoms with Gasteiger partial charge in [0, 0.05) is 19.9 Å². The fourth-order valence-corrected chi connectivity index (χ4v) is 1.66. The van der Waals surface area contributed by atoms with E-state index in [4.69, 9.17) is 14.0 Å². The van der Waals surface area contributed by atoms with E-state index in [1.54, 1.807) is 13.3 Å². The highest BCUT2D eigenvalue weighted by Gasteiger charge is 2.08. The SMILES string of the molecule is COCc1noc(-c2ccc(NCCOC(C)C)nc2)n1. The molecule has 0 aliphatic rings. The Hall–Kier alpha value is -1.99. The molecule has 0 amide bonds. The summed E-state index contributed by atoms with van der Waals surface area (Å²) in [6.45, 7) is 5.70. The van der Waals surface area contributed by atoms with Gasteiger partial charge in [-0.3, -0.25) is 0 Å². The minimum Gasteiger partial charge on any atom is -0.377 e. The number of ether oxygens (including phenoxy) is 2. The first-order valence-corrected chi connectivity index (χ1v) is 6.82. The summed E-state index contributed by atoms with van der Waals surface area (Å²) < 4.78 is 15.5. The highest BCUT2D eigenvalue weighted by molar-refractivity contribution is 5.53. The van der Waals surface area contributed by atoms with Gasteiger partial charge in [0.2, 0.25) is 0 Å². The Kier molecular flexibility index (Phi) is 5.65. The molecule has 0 aliphatic heterocycles. The Morgan fingerprint density at radius 3 is 2.86 bits per heavy atom. The first kappa shape index (κ1) is 15.4. The molecule has 0 radical (unpaired) electrons. The number of nitrogens with zero attached hydrogens (tertiary/aromatic N) is 3. The molecular weight excluding hydrogens is 272 g/mol. The number of nitrogens with one attached hydrogen (secondary N) is 1. The van der Waals surface area contributed by atoms with Crippen LogP contribution in [0.5, 0.6) is 0 Å². The number of hydrogen-bond donors (Lipinski definition) is 1. The fraction of sp³-hybridized carbons (Fsp3) is 0.500. The standard InChI is InChI=1S/C14H20N4O3/c1-10(2)20-7-6-15-12-5-4-11(8-16-12)14-17-13(9-19-3)18-21-14/h4-5,8,10H,6-7,9H2,1-3H3,(H,15,16). The Morgan fingerprint density at radius 2 is 2.19 bits per heavy atom. The maximum Gasteiger partial charge on any atom is 0.259 e.